The van der Waals surface area contributed by atoms with Crippen LogP contribution in [0.25, 0.3) is 0 Å². The molecule has 2 aliphatic carbocycles. The molecule has 1 saturated heterocycles. The van der Waals surface area contributed by atoms with Crippen LogP contribution in [0, 0.1) is 11.7 Å². The molecule has 4 N–H and O–H groups in total. The molecule has 6 aliphatic rings. The maximum atomic E-state index is 14.5. The first-order valence-corrected chi connectivity index (χ1v) is 20.8. The third kappa shape index (κ3) is 8.09. The number of nitrogens with one attached hydrogen (secondary N) is 3. The summed E-state index contributed by atoms with van der Waals surface area (Å²) in [5, 5.41) is 14.9. The van der Waals surface area contributed by atoms with E-state index in [0.717, 1.165) is 5.56 Å². The highest BCUT2D eigenvalue weighted by Crippen LogP contribution is 2.46. The predicted octanol–water partition coefficient (Wildman–Crippen LogP) is 1.63. The standard InChI is InChI=1S/C38H43BFN5O11S/c40-30-9-6-7-22-18-44(20-28(22)30)37(50)56-26-16-32-33(46)42-38(35(48)43-57(52,53)27-13-14-27)17-24(38)8-4-2-1-3-5-10-31(34(47)45(32)19-26)41-36(49)55-25-12-11-23-21-54-39(51)29(23)15-25/h4,6-9,11-12,15,24,26-27,31-32,51H,1-3,5,10,13-14,16-21H2,(H,41,49)(H,42,46)(H,43,48)/b8-4-/t24-,26-,31+,32?,38-/m1/s1. The Morgan fingerprint density at radius 3 is 2.67 bits per heavy atom. The number of fused-ring (bicyclic) bond motifs is 4. The Morgan fingerprint density at radius 2 is 1.88 bits per heavy atom. The van der Waals surface area contributed by atoms with Gasteiger partial charge in [-0.2, -0.15) is 0 Å². The summed E-state index contributed by atoms with van der Waals surface area (Å²) in [5.74, 6) is -3.14. The van der Waals surface area contributed by atoms with Gasteiger partial charge in [-0.3, -0.25) is 24.0 Å². The molecule has 5 amide bonds. The normalized spacial score (nSPS) is 27.8. The Labute approximate surface area is 328 Å². The molecule has 5 atom stereocenters. The number of carbonyl (C=O) groups is 5. The van der Waals surface area contributed by atoms with Gasteiger partial charge in [0.2, 0.25) is 21.8 Å². The highest BCUT2D eigenvalue weighted by molar-refractivity contribution is 7.91. The summed E-state index contributed by atoms with van der Waals surface area (Å²) in [6.07, 6.45) is 4.46. The van der Waals surface area contributed by atoms with E-state index in [1.807, 2.05) is 6.08 Å². The summed E-state index contributed by atoms with van der Waals surface area (Å²) in [5.41, 5.74) is 0.585. The van der Waals surface area contributed by atoms with Gasteiger partial charge in [0.15, 0.2) is 0 Å². The monoisotopic (exact) mass is 807 g/mol. The Kier molecular flexibility index (Phi) is 10.5. The number of nitrogens with zero attached hydrogens (tertiary/aromatic N) is 2. The molecule has 3 fully saturated rings. The molecule has 0 radical (unpaired) electrons. The number of ether oxygens (including phenoxy) is 2. The van der Waals surface area contributed by atoms with Gasteiger partial charge >= 0.3 is 19.3 Å². The number of allylic oxidation sites excluding steroid dienone is 1. The zero-order chi connectivity index (χ0) is 40.1. The highest BCUT2D eigenvalue weighted by atomic mass is 32.2. The Balaban J connectivity index is 1.03. The van der Waals surface area contributed by atoms with Crippen LogP contribution in [0.1, 0.15) is 74.5 Å². The van der Waals surface area contributed by atoms with Gasteiger partial charge in [0.25, 0.3) is 5.91 Å². The molecule has 57 heavy (non-hydrogen) atoms. The van der Waals surface area contributed by atoms with E-state index in [1.165, 1.54) is 28.0 Å². The average Bonchev–Trinajstić information content (AvgIpc) is 4.01. The van der Waals surface area contributed by atoms with Crippen LogP contribution in [0.5, 0.6) is 5.75 Å². The van der Waals surface area contributed by atoms with Crippen molar-refractivity contribution in [3.8, 4) is 5.75 Å². The largest absolute Gasteiger partial charge is 0.491 e. The Morgan fingerprint density at radius 1 is 1.05 bits per heavy atom. The van der Waals surface area contributed by atoms with Crippen LogP contribution in [0.3, 0.4) is 0 Å². The molecule has 16 nitrogen and oxygen atoms in total. The van der Waals surface area contributed by atoms with E-state index >= 15 is 0 Å². The summed E-state index contributed by atoms with van der Waals surface area (Å²) in [6.45, 7) is 0.0331. The highest BCUT2D eigenvalue weighted by Gasteiger charge is 2.62. The van der Waals surface area contributed by atoms with Crippen molar-refractivity contribution in [2.24, 2.45) is 5.92 Å². The number of benzene rings is 2. The lowest BCUT2D eigenvalue weighted by molar-refractivity contribution is -0.141. The first kappa shape index (κ1) is 38.8. The van der Waals surface area contributed by atoms with Crippen molar-refractivity contribution in [1.82, 2.24) is 25.2 Å². The molecular weight excluding hydrogens is 764 g/mol. The summed E-state index contributed by atoms with van der Waals surface area (Å²) < 4.78 is 58.8. The third-order valence-electron chi connectivity index (χ3n) is 11.6. The summed E-state index contributed by atoms with van der Waals surface area (Å²) in [7, 11) is -5.13. The summed E-state index contributed by atoms with van der Waals surface area (Å²) in [6, 6.07) is 6.76. The maximum absolute atomic E-state index is 14.5. The molecule has 0 aromatic heterocycles. The van der Waals surface area contributed by atoms with Gasteiger partial charge in [0.1, 0.15) is 35.3 Å². The number of hydrogen-bond donors (Lipinski definition) is 4. The minimum atomic E-state index is -3.95. The van der Waals surface area contributed by atoms with Crippen LogP contribution in [-0.4, -0.2) is 95.8 Å². The molecule has 0 spiro atoms. The van der Waals surface area contributed by atoms with Crippen LogP contribution >= 0.6 is 0 Å². The van der Waals surface area contributed by atoms with Crippen molar-refractivity contribution in [2.75, 3.05) is 6.54 Å². The van der Waals surface area contributed by atoms with Crippen molar-refractivity contribution >= 4 is 52.5 Å². The molecular formula is C38H43BFN5O11S. The van der Waals surface area contributed by atoms with E-state index in [1.54, 1.807) is 24.3 Å². The lowest BCUT2D eigenvalue weighted by atomic mass is 9.79. The lowest BCUT2D eigenvalue weighted by Crippen LogP contribution is -2.58. The molecule has 1 unspecified atom stereocenters. The van der Waals surface area contributed by atoms with Crippen LogP contribution in [0.4, 0.5) is 14.0 Å². The molecule has 302 valence electrons. The maximum Gasteiger partial charge on any atom is 0.491 e. The van der Waals surface area contributed by atoms with E-state index < -0.39 is 87.8 Å². The minimum Gasteiger partial charge on any atom is -0.444 e. The summed E-state index contributed by atoms with van der Waals surface area (Å²) in [4.78, 5) is 71.8. The zero-order valence-electron chi connectivity index (χ0n) is 31.0. The number of carbonyl (C=O) groups excluding carboxylic acids is 5. The van der Waals surface area contributed by atoms with Gasteiger partial charge in [-0.1, -0.05) is 43.2 Å². The van der Waals surface area contributed by atoms with E-state index in [9.17, 15) is 41.8 Å². The fourth-order valence-corrected chi connectivity index (χ4v) is 9.47. The second kappa shape index (κ2) is 15.4. The predicted molar refractivity (Wildman–Crippen MR) is 199 cm³/mol. The van der Waals surface area contributed by atoms with E-state index in [-0.39, 0.29) is 51.3 Å². The van der Waals surface area contributed by atoms with Crippen molar-refractivity contribution in [1.29, 1.82) is 0 Å². The van der Waals surface area contributed by atoms with Gasteiger partial charge < -0.3 is 34.7 Å². The SMILES string of the molecule is O=C(N[C@H]1CCCCC/C=C\[C@@H]2C[C@@]2(C(=O)NS(=O)(=O)C2CC2)NC(=O)C2C[C@@H](OC(=O)N3Cc4cccc(F)c4C3)CN2C1=O)Oc1ccc2c(c1)B(O)OC2. The molecule has 2 saturated carbocycles. The van der Waals surface area contributed by atoms with Crippen molar-refractivity contribution in [3.63, 3.8) is 0 Å². The Hall–Kier alpha value is -5.01. The second-order valence-electron chi connectivity index (χ2n) is 15.6. The van der Waals surface area contributed by atoms with Gasteiger partial charge in [-0.25, -0.2) is 22.4 Å². The lowest BCUT2D eigenvalue weighted by Gasteiger charge is -2.29. The third-order valence-corrected chi connectivity index (χ3v) is 13.4. The van der Waals surface area contributed by atoms with Crippen LogP contribution in [-0.2, 0) is 53.5 Å². The fraction of sp³-hybridized carbons (Fsp3) is 0.500. The van der Waals surface area contributed by atoms with Gasteiger partial charge in [0.05, 0.1) is 24.9 Å². The van der Waals surface area contributed by atoms with E-state index in [2.05, 4.69) is 15.4 Å². The number of hydrogen-bond acceptors (Lipinski definition) is 11. The van der Waals surface area contributed by atoms with Crippen molar-refractivity contribution < 1.29 is 55.9 Å². The van der Waals surface area contributed by atoms with E-state index in [0.29, 0.717) is 55.1 Å². The first-order valence-electron chi connectivity index (χ1n) is 19.3. The molecule has 8 rings (SSSR count). The van der Waals surface area contributed by atoms with Gasteiger partial charge in [0, 0.05) is 24.4 Å². The smallest absolute Gasteiger partial charge is 0.444 e. The summed E-state index contributed by atoms with van der Waals surface area (Å²) >= 11 is 0. The number of amides is 5. The number of halogens is 1. The van der Waals surface area contributed by atoms with Crippen molar-refractivity contribution in [3.05, 3.63) is 71.1 Å². The first-order chi connectivity index (χ1) is 27.3. The quantitative estimate of drug-likeness (QED) is 0.244. The average molecular weight is 808 g/mol. The molecule has 0 bridgehead atoms. The van der Waals surface area contributed by atoms with Crippen LogP contribution in [0.2, 0.25) is 0 Å². The second-order valence-corrected chi connectivity index (χ2v) is 17.6. The topological polar surface area (TPSA) is 210 Å². The molecule has 4 aliphatic heterocycles. The number of rotatable bonds is 6. The molecule has 2 aromatic carbocycles. The van der Waals surface area contributed by atoms with Crippen molar-refractivity contribution in [2.45, 2.75) is 106 Å². The van der Waals surface area contributed by atoms with Gasteiger partial charge in [-0.05, 0) is 73.3 Å². The van der Waals surface area contributed by atoms with Gasteiger partial charge in [-0.15, -0.1) is 0 Å². The molecule has 2 aromatic rings. The zero-order valence-corrected chi connectivity index (χ0v) is 31.8. The molecule has 19 heteroatoms. The fourth-order valence-electron chi connectivity index (χ4n) is 8.11. The number of sulfonamides is 1. The Bertz CT molecular complexity index is 2140. The minimum absolute atomic E-state index is 0.0271. The van der Waals surface area contributed by atoms with Crippen LogP contribution < -0.4 is 25.6 Å². The van der Waals surface area contributed by atoms with E-state index in [4.69, 9.17) is 14.1 Å². The van der Waals surface area contributed by atoms with Crippen LogP contribution in [0.15, 0.2) is 48.6 Å². The molecule has 4 heterocycles.